The molecule has 19 heavy (non-hydrogen) atoms. The topological polar surface area (TPSA) is 63.2 Å². The first-order valence-corrected chi connectivity index (χ1v) is 9.38. The maximum absolute atomic E-state index is 12.3. The largest absolute Gasteiger partial charge is 0.346 e. The summed E-state index contributed by atoms with van der Waals surface area (Å²) in [5.74, 6) is -0.102. The average molecular weight is 458 g/mol. The fourth-order valence-electron chi connectivity index (χ4n) is 2.12. The highest BCUT2D eigenvalue weighted by Gasteiger charge is 2.39. The smallest absolute Gasteiger partial charge is 0.252 e. The predicted molar refractivity (Wildman–Crippen MR) is 86.0 cm³/mol. The minimum Gasteiger partial charge on any atom is -0.346 e. The van der Waals surface area contributed by atoms with Crippen LogP contribution in [0.2, 0.25) is 0 Å². The third kappa shape index (κ3) is 3.69. The third-order valence-electron chi connectivity index (χ3n) is 3.09. The number of carbonyl (C=O) groups is 1. The second kappa shape index (κ2) is 5.33. The third-order valence-corrected chi connectivity index (χ3v) is 6.36. The van der Waals surface area contributed by atoms with Gasteiger partial charge in [-0.05, 0) is 70.1 Å². The molecule has 2 rings (SSSR count). The van der Waals surface area contributed by atoms with Gasteiger partial charge in [0.15, 0.2) is 9.84 Å². The molecule has 1 aliphatic rings. The molecule has 1 fully saturated rings. The highest BCUT2D eigenvalue weighted by molar-refractivity contribution is 14.1. The highest BCUT2D eigenvalue weighted by atomic mass is 127. The van der Waals surface area contributed by atoms with Crippen molar-refractivity contribution in [2.24, 2.45) is 0 Å². The molecule has 1 aromatic rings. The standard InChI is InChI=1S/C12H13BrINO3S/c1-12(4-5-19(17,18)7-12)15-11(16)9-6-8(14)2-3-10(9)13/h2-3,6H,4-5,7H2,1H3,(H,15,16). The Hall–Kier alpha value is -0.150. The maximum atomic E-state index is 12.3. The molecular weight excluding hydrogens is 445 g/mol. The molecule has 1 heterocycles. The van der Waals surface area contributed by atoms with Gasteiger partial charge in [0.1, 0.15) is 0 Å². The van der Waals surface area contributed by atoms with Crippen LogP contribution in [0.25, 0.3) is 0 Å². The minimum absolute atomic E-state index is 0.00723. The molecule has 1 unspecified atom stereocenters. The Labute approximate surface area is 134 Å². The van der Waals surface area contributed by atoms with Gasteiger partial charge >= 0.3 is 0 Å². The summed E-state index contributed by atoms with van der Waals surface area (Å²) >= 11 is 5.47. The first-order valence-electron chi connectivity index (χ1n) is 5.69. The summed E-state index contributed by atoms with van der Waals surface area (Å²) in [5.41, 5.74) is -0.145. The van der Waals surface area contributed by atoms with E-state index < -0.39 is 15.4 Å². The van der Waals surface area contributed by atoms with Crippen LogP contribution >= 0.6 is 38.5 Å². The quantitative estimate of drug-likeness (QED) is 0.693. The predicted octanol–water partition coefficient (Wildman–Crippen LogP) is 2.36. The average Bonchev–Trinajstić information content (AvgIpc) is 2.56. The van der Waals surface area contributed by atoms with Crippen LogP contribution in [0.3, 0.4) is 0 Å². The molecular formula is C12H13BrINO3S. The number of hydrogen-bond donors (Lipinski definition) is 1. The number of halogens is 2. The van der Waals surface area contributed by atoms with Gasteiger partial charge in [0.05, 0.1) is 22.6 Å². The van der Waals surface area contributed by atoms with Crippen molar-refractivity contribution in [2.75, 3.05) is 11.5 Å². The van der Waals surface area contributed by atoms with Crippen LogP contribution in [0.1, 0.15) is 23.7 Å². The lowest BCUT2D eigenvalue weighted by atomic mass is 10.0. The zero-order valence-corrected chi connectivity index (χ0v) is 14.8. The van der Waals surface area contributed by atoms with Gasteiger partial charge in [0, 0.05) is 8.04 Å². The molecule has 0 spiro atoms. The molecule has 4 nitrogen and oxygen atoms in total. The van der Waals surface area contributed by atoms with Gasteiger partial charge in [-0.1, -0.05) is 0 Å². The van der Waals surface area contributed by atoms with Crippen LogP contribution in [0.4, 0.5) is 0 Å². The van der Waals surface area contributed by atoms with Crippen molar-refractivity contribution in [2.45, 2.75) is 18.9 Å². The SMILES string of the molecule is CC1(NC(=O)c2cc(I)ccc2Br)CCS(=O)(=O)C1. The molecule has 104 valence electrons. The number of nitrogens with one attached hydrogen (secondary N) is 1. The van der Waals surface area contributed by atoms with Gasteiger partial charge in [-0.15, -0.1) is 0 Å². The Bertz CT molecular complexity index is 632. The number of carbonyl (C=O) groups excluding carboxylic acids is 1. The molecule has 0 saturated carbocycles. The summed E-state index contributed by atoms with van der Waals surface area (Å²) in [5, 5.41) is 2.84. The van der Waals surface area contributed by atoms with Crippen molar-refractivity contribution in [1.82, 2.24) is 5.32 Å². The van der Waals surface area contributed by atoms with Gasteiger partial charge in [-0.25, -0.2) is 8.42 Å². The Morgan fingerprint density at radius 1 is 1.47 bits per heavy atom. The van der Waals surface area contributed by atoms with Gasteiger partial charge in [-0.2, -0.15) is 0 Å². The van der Waals surface area contributed by atoms with E-state index in [0.29, 0.717) is 16.5 Å². The Kier molecular flexibility index (Phi) is 4.27. The second-order valence-electron chi connectivity index (χ2n) is 4.98. The lowest BCUT2D eigenvalue weighted by Crippen LogP contribution is -2.47. The molecule has 0 bridgehead atoms. The van der Waals surface area contributed by atoms with Gasteiger partial charge < -0.3 is 5.32 Å². The highest BCUT2D eigenvalue weighted by Crippen LogP contribution is 2.25. The fraction of sp³-hybridized carbons (Fsp3) is 0.417. The van der Waals surface area contributed by atoms with Crippen LogP contribution in [-0.2, 0) is 9.84 Å². The van der Waals surface area contributed by atoms with E-state index in [1.807, 2.05) is 12.1 Å². The summed E-state index contributed by atoms with van der Waals surface area (Å²) in [6, 6.07) is 5.47. The summed E-state index contributed by atoms with van der Waals surface area (Å²) in [6.07, 6.45) is 0.461. The van der Waals surface area contributed by atoms with E-state index in [0.717, 1.165) is 3.57 Å². The van der Waals surface area contributed by atoms with Crippen molar-refractivity contribution in [3.8, 4) is 0 Å². The molecule has 7 heteroatoms. The Morgan fingerprint density at radius 3 is 2.74 bits per heavy atom. The first kappa shape index (κ1) is 15.2. The molecule has 1 N–H and O–H groups in total. The monoisotopic (exact) mass is 457 g/mol. The second-order valence-corrected chi connectivity index (χ2v) is 9.27. The van der Waals surface area contributed by atoms with E-state index in [9.17, 15) is 13.2 Å². The normalized spacial score (nSPS) is 25.2. The van der Waals surface area contributed by atoms with Crippen LogP contribution in [-0.4, -0.2) is 31.4 Å². The van der Waals surface area contributed by atoms with Crippen molar-refractivity contribution >= 4 is 54.3 Å². The number of amides is 1. The number of sulfone groups is 1. The molecule has 1 aliphatic heterocycles. The number of rotatable bonds is 2. The van der Waals surface area contributed by atoms with Gasteiger partial charge in [-0.3, -0.25) is 4.79 Å². The molecule has 0 radical (unpaired) electrons. The van der Waals surface area contributed by atoms with E-state index in [4.69, 9.17) is 0 Å². The fourth-order valence-corrected chi connectivity index (χ4v) is 5.13. The summed E-state index contributed by atoms with van der Waals surface area (Å²) in [7, 11) is -3.03. The van der Waals surface area contributed by atoms with E-state index in [2.05, 4.69) is 43.8 Å². The molecule has 1 amide bonds. The van der Waals surface area contributed by atoms with E-state index in [1.165, 1.54) is 0 Å². The number of hydrogen-bond acceptors (Lipinski definition) is 3. The molecule has 0 aromatic heterocycles. The summed E-state index contributed by atoms with van der Waals surface area (Å²) < 4.78 is 24.7. The summed E-state index contributed by atoms with van der Waals surface area (Å²) in [6.45, 7) is 1.78. The zero-order chi connectivity index (χ0) is 14.3. The molecule has 1 saturated heterocycles. The first-order chi connectivity index (χ1) is 8.71. The van der Waals surface area contributed by atoms with Crippen molar-refractivity contribution in [1.29, 1.82) is 0 Å². The van der Waals surface area contributed by atoms with E-state index >= 15 is 0 Å². The maximum Gasteiger partial charge on any atom is 0.252 e. The minimum atomic E-state index is -3.03. The van der Waals surface area contributed by atoms with Crippen LogP contribution in [0.5, 0.6) is 0 Å². The zero-order valence-electron chi connectivity index (χ0n) is 10.2. The lowest BCUT2D eigenvalue weighted by Gasteiger charge is -2.24. The van der Waals surface area contributed by atoms with Gasteiger partial charge in [0.25, 0.3) is 5.91 Å². The van der Waals surface area contributed by atoms with Crippen molar-refractivity contribution in [3.63, 3.8) is 0 Å². The Morgan fingerprint density at radius 2 is 2.16 bits per heavy atom. The van der Waals surface area contributed by atoms with E-state index in [-0.39, 0.29) is 17.4 Å². The van der Waals surface area contributed by atoms with Crippen molar-refractivity contribution < 1.29 is 13.2 Å². The van der Waals surface area contributed by atoms with Crippen LogP contribution in [0.15, 0.2) is 22.7 Å². The van der Waals surface area contributed by atoms with Crippen LogP contribution in [0, 0.1) is 3.57 Å². The molecule has 1 aromatic carbocycles. The summed E-state index contributed by atoms with van der Waals surface area (Å²) in [4.78, 5) is 12.3. The Balaban J connectivity index is 2.20. The van der Waals surface area contributed by atoms with Crippen LogP contribution < -0.4 is 5.32 Å². The van der Waals surface area contributed by atoms with Gasteiger partial charge in [0.2, 0.25) is 0 Å². The molecule has 1 atom stereocenters. The number of benzene rings is 1. The van der Waals surface area contributed by atoms with E-state index in [1.54, 1.807) is 13.0 Å². The lowest BCUT2D eigenvalue weighted by molar-refractivity contribution is 0.0914. The molecule has 0 aliphatic carbocycles. The van der Waals surface area contributed by atoms with Crippen molar-refractivity contribution in [3.05, 3.63) is 31.8 Å².